The van der Waals surface area contributed by atoms with E-state index in [0.29, 0.717) is 38.2 Å². The fraction of sp³-hybridized carbons (Fsp3) is 0.720. The molecule has 3 aliphatic rings. The molecule has 0 spiro atoms. The number of carbonyl (C=O) groups excluding carboxylic acids is 1. The maximum Gasteiger partial charge on any atom is 0.248 e. The standard InChI is InChI=1S/C25H36F2N2O4S/c1-16-7-8-23(21(13-16)29-17(2)14-33-15-18(29)3)34(31,32)22-6-4-5-20(22)24(30)28-19-9-11-25(26,27)12-10-19/h7-8,13,17-20,22H,4-6,9-12,14-15H2,1-3H3,(H,28,30)/t17-,18-,20-,22-/m0/s1. The molecule has 1 heterocycles. The van der Waals surface area contributed by atoms with Crippen LogP contribution >= 0.6 is 0 Å². The molecule has 0 aromatic heterocycles. The number of amides is 1. The third-order valence-electron chi connectivity index (χ3n) is 7.62. The first-order chi connectivity index (χ1) is 16.0. The van der Waals surface area contributed by atoms with Crippen molar-refractivity contribution in [3.8, 4) is 0 Å². The van der Waals surface area contributed by atoms with Gasteiger partial charge in [-0.25, -0.2) is 17.2 Å². The summed E-state index contributed by atoms with van der Waals surface area (Å²) in [7, 11) is -3.80. The molecule has 0 bridgehead atoms. The highest BCUT2D eigenvalue weighted by Crippen LogP contribution is 2.40. The van der Waals surface area contributed by atoms with Gasteiger partial charge in [-0.2, -0.15) is 0 Å². The van der Waals surface area contributed by atoms with E-state index in [1.165, 1.54) is 0 Å². The van der Waals surface area contributed by atoms with Crippen LogP contribution in [0.2, 0.25) is 0 Å². The first-order valence-corrected chi connectivity index (χ1v) is 13.9. The smallest absolute Gasteiger partial charge is 0.248 e. The zero-order valence-electron chi connectivity index (χ0n) is 20.2. The van der Waals surface area contributed by atoms with Crippen LogP contribution in [0.15, 0.2) is 23.1 Å². The molecule has 1 aliphatic heterocycles. The molecule has 0 unspecified atom stereocenters. The molecule has 0 radical (unpaired) electrons. The number of sulfone groups is 1. The molecule has 1 N–H and O–H groups in total. The first-order valence-electron chi connectivity index (χ1n) is 12.4. The van der Waals surface area contributed by atoms with Crippen LogP contribution in [-0.4, -0.2) is 56.8 Å². The predicted molar refractivity (Wildman–Crippen MR) is 127 cm³/mol. The molecule has 2 saturated carbocycles. The quantitative estimate of drug-likeness (QED) is 0.657. The van der Waals surface area contributed by atoms with E-state index in [1.54, 1.807) is 12.1 Å². The van der Waals surface area contributed by atoms with Gasteiger partial charge in [0.05, 0.1) is 35.0 Å². The average Bonchev–Trinajstić information content (AvgIpc) is 3.26. The lowest BCUT2D eigenvalue weighted by atomic mass is 9.91. The van der Waals surface area contributed by atoms with Crippen molar-refractivity contribution in [2.24, 2.45) is 5.92 Å². The van der Waals surface area contributed by atoms with Crippen molar-refractivity contribution in [2.45, 2.75) is 99.9 Å². The number of nitrogens with zero attached hydrogens (tertiary/aromatic N) is 1. The highest BCUT2D eigenvalue weighted by Gasteiger charge is 2.45. The van der Waals surface area contributed by atoms with E-state index < -0.39 is 26.9 Å². The van der Waals surface area contributed by atoms with Crippen molar-refractivity contribution < 1.29 is 26.7 Å². The van der Waals surface area contributed by atoms with Crippen LogP contribution in [0, 0.1) is 12.8 Å². The molecule has 1 aromatic carbocycles. The summed E-state index contributed by atoms with van der Waals surface area (Å²) in [5.41, 5.74) is 1.64. The number of benzene rings is 1. The first kappa shape index (κ1) is 25.4. The molecule has 9 heteroatoms. The van der Waals surface area contributed by atoms with E-state index >= 15 is 0 Å². The Morgan fingerprint density at radius 3 is 2.38 bits per heavy atom. The topological polar surface area (TPSA) is 75.7 Å². The molecular formula is C25H36F2N2O4S. The van der Waals surface area contributed by atoms with Crippen molar-refractivity contribution in [1.82, 2.24) is 5.32 Å². The lowest BCUT2D eigenvalue weighted by molar-refractivity contribution is -0.126. The van der Waals surface area contributed by atoms with Crippen LogP contribution in [-0.2, 0) is 19.4 Å². The Bertz CT molecular complexity index is 996. The van der Waals surface area contributed by atoms with E-state index in [-0.39, 0.29) is 54.6 Å². The minimum Gasteiger partial charge on any atom is -0.377 e. The Morgan fingerprint density at radius 1 is 1.09 bits per heavy atom. The molecular weight excluding hydrogens is 462 g/mol. The van der Waals surface area contributed by atoms with Crippen molar-refractivity contribution in [1.29, 1.82) is 0 Å². The van der Waals surface area contributed by atoms with Crippen molar-refractivity contribution in [3.63, 3.8) is 0 Å². The lowest BCUT2D eigenvalue weighted by Crippen LogP contribution is -2.50. The zero-order chi connectivity index (χ0) is 24.7. The van der Waals surface area contributed by atoms with Crippen LogP contribution in [0.5, 0.6) is 0 Å². The van der Waals surface area contributed by atoms with Gasteiger partial charge in [0.15, 0.2) is 9.84 Å². The number of morpholine rings is 1. The maximum absolute atomic E-state index is 14.0. The number of aryl methyl sites for hydroxylation is 1. The summed E-state index contributed by atoms with van der Waals surface area (Å²) >= 11 is 0. The number of anilines is 1. The summed E-state index contributed by atoms with van der Waals surface area (Å²) in [5, 5.41) is 2.08. The Morgan fingerprint density at radius 2 is 1.74 bits per heavy atom. The molecule has 6 nitrogen and oxygen atoms in total. The fourth-order valence-corrected chi connectivity index (χ4v) is 8.01. The number of carbonyl (C=O) groups is 1. The van der Waals surface area contributed by atoms with Crippen LogP contribution in [0.3, 0.4) is 0 Å². The second kappa shape index (κ2) is 9.72. The van der Waals surface area contributed by atoms with E-state index in [9.17, 15) is 22.0 Å². The van der Waals surface area contributed by atoms with Crippen LogP contribution in [0.4, 0.5) is 14.5 Å². The zero-order valence-corrected chi connectivity index (χ0v) is 21.0. The SMILES string of the molecule is Cc1ccc(S(=O)(=O)[C@H]2CCC[C@@H]2C(=O)NC2CCC(F)(F)CC2)c(N2[C@@H](C)COC[C@@H]2C)c1. The number of alkyl halides is 2. The van der Waals surface area contributed by atoms with E-state index in [4.69, 9.17) is 4.74 Å². The summed E-state index contributed by atoms with van der Waals surface area (Å²) in [6.07, 6.45) is 1.51. The monoisotopic (exact) mass is 498 g/mol. The molecule has 1 saturated heterocycles. The Kier molecular flexibility index (Phi) is 7.25. The summed E-state index contributed by atoms with van der Waals surface area (Å²) in [6.45, 7) is 7.02. The second-order valence-corrected chi connectivity index (χ2v) is 12.5. The molecule has 3 fully saturated rings. The third kappa shape index (κ3) is 5.10. The van der Waals surface area contributed by atoms with Crippen LogP contribution < -0.4 is 10.2 Å². The van der Waals surface area contributed by atoms with Gasteiger partial charge in [0.25, 0.3) is 0 Å². The van der Waals surface area contributed by atoms with Crippen molar-refractivity contribution >= 4 is 21.4 Å². The van der Waals surface area contributed by atoms with Crippen LogP contribution in [0.25, 0.3) is 0 Å². The van der Waals surface area contributed by atoms with Gasteiger partial charge in [0.1, 0.15) is 0 Å². The number of halogens is 2. The Labute approximate surface area is 201 Å². The molecule has 4 rings (SSSR count). The van der Waals surface area contributed by atoms with Crippen molar-refractivity contribution in [3.05, 3.63) is 23.8 Å². The van der Waals surface area contributed by atoms with E-state index in [1.807, 2.05) is 26.8 Å². The number of nitrogens with one attached hydrogen (secondary N) is 1. The Hall–Kier alpha value is -1.74. The number of rotatable bonds is 5. The van der Waals surface area contributed by atoms with Gasteiger partial charge in [-0.3, -0.25) is 4.79 Å². The molecule has 34 heavy (non-hydrogen) atoms. The number of hydrogen-bond acceptors (Lipinski definition) is 5. The Balaban J connectivity index is 1.58. The van der Waals surface area contributed by atoms with Gasteiger partial charge in [0, 0.05) is 31.0 Å². The molecule has 190 valence electrons. The normalized spacial score (nSPS) is 30.3. The van der Waals surface area contributed by atoms with Gasteiger partial charge >= 0.3 is 0 Å². The highest BCUT2D eigenvalue weighted by atomic mass is 32.2. The lowest BCUT2D eigenvalue weighted by Gasteiger charge is -2.41. The van der Waals surface area contributed by atoms with E-state index in [0.717, 1.165) is 5.56 Å². The molecule has 1 aromatic rings. The van der Waals surface area contributed by atoms with Gasteiger partial charge in [-0.05, 0) is 64.2 Å². The fourth-order valence-electron chi connectivity index (χ4n) is 5.80. The second-order valence-electron chi connectivity index (χ2n) is 10.4. The summed E-state index contributed by atoms with van der Waals surface area (Å²) < 4.78 is 60.6. The molecule has 4 atom stereocenters. The third-order valence-corrected chi connectivity index (χ3v) is 9.94. The summed E-state index contributed by atoms with van der Waals surface area (Å²) in [4.78, 5) is 15.5. The maximum atomic E-state index is 14.0. The van der Waals surface area contributed by atoms with Crippen molar-refractivity contribution in [2.75, 3.05) is 18.1 Å². The minimum absolute atomic E-state index is 0.0200. The van der Waals surface area contributed by atoms with Gasteiger partial charge in [-0.15, -0.1) is 0 Å². The average molecular weight is 499 g/mol. The largest absolute Gasteiger partial charge is 0.377 e. The number of ether oxygens (including phenoxy) is 1. The van der Waals surface area contributed by atoms with Gasteiger partial charge in [0.2, 0.25) is 11.8 Å². The summed E-state index contributed by atoms with van der Waals surface area (Å²) in [5.74, 6) is -3.65. The predicted octanol–water partition coefficient (Wildman–Crippen LogP) is 4.25. The molecule has 1 amide bonds. The summed E-state index contributed by atoms with van der Waals surface area (Å²) in [6, 6.07) is 5.11. The van der Waals surface area contributed by atoms with Gasteiger partial charge in [-0.1, -0.05) is 12.5 Å². The van der Waals surface area contributed by atoms with E-state index in [2.05, 4.69) is 10.2 Å². The van der Waals surface area contributed by atoms with Crippen LogP contribution in [0.1, 0.15) is 64.4 Å². The minimum atomic E-state index is -3.80. The number of hydrogen-bond donors (Lipinski definition) is 1. The highest BCUT2D eigenvalue weighted by molar-refractivity contribution is 7.92. The van der Waals surface area contributed by atoms with Gasteiger partial charge < -0.3 is 15.0 Å². The molecule has 2 aliphatic carbocycles.